The Kier molecular flexibility index (Phi) is 3.77. The van der Waals surface area contributed by atoms with Crippen molar-refractivity contribution in [2.45, 2.75) is 0 Å². The molecule has 0 aliphatic carbocycles. The Morgan fingerprint density at radius 2 is 1.70 bits per heavy atom. The van der Waals surface area contributed by atoms with Crippen LogP contribution in [0.5, 0.6) is 0 Å². The standard InChI is InChI=1S/C7H7NO.Se/c8-7(9)6-4-2-1-3-5-6;/h1-5H,(H2,8,9);. The van der Waals surface area contributed by atoms with Gasteiger partial charge in [-0.25, -0.2) is 0 Å². The van der Waals surface area contributed by atoms with E-state index in [4.69, 9.17) is 5.73 Å². The molecule has 10 heavy (non-hydrogen) atoms. The number of hydrogen-bond acceptors (Lipinski definition) is 1. The predicted octanol–water partition coefficient (Wildman–Crippen LogP) is 0.405. The maximum Gasteiger partial charge on any atom is 0.248 e. The van der Waals surface area contributed by atoms with Crippen LogP contribution in [-0.2, 0) is 0 Å². The van der Waals surface area contributed by atoms with Gasteiger partial charge in [0.1, 0.15) is 0 Å². The number of rotatable bonds is 1. The molecule has 1 aromatic carbocycles. The molecular weight excluding hydrogens is 193 g/mol. The van der Waals surface area contributed by atoms with E-state index in [1.54, 1.807) is 24.3 Å². The minimum Gasteiger partial charge on any atom is -0.366 e. The van der Waals surface area contributed by atoms with Gasteiger partial charge in [-0.3, -0.25) is 4.79 Å². The van der Waals surface area contributed by atoms with E-state index in [9.17, 15) is 4.79 Å². The summed E-state index contributed by atoms with van der Waals surface area (Å²) in [4.78, 5) is 10.4. The van der Waals surface area contributed by atoms with Crippen LogP contribution in [0.25, 0.3) is 0 Å². The van der Waals surface area contributed by atoms with Gasteiger partial charge < -0.3 is 5.73 Å². The zero-order chi connectivity index (χ0) is 6.69. The van der Waals surface area contributed by atoms with Crippen molar-refractivity contribution in [3.8, 4) is 0 Å². The maximum absolute atomic E-state index is 10.4. The van der Waals surface area contributed by atoms with Crippen molar-refractivity contribution >= 4 is 23.0 Å². The van der Waals surface area contributed by atoms with Gasteiger partial charge in [0.05, 0.1) is 0 Å². The summed E-state index contributed by atoms with van der Waals surface area (Å²) in [5, 5.41) is 0. The van der Waals surface area contributed by atoms with E-state index in [2.05, 4.69) is 0 Å². The van der Waals surface area contributed by atoms with Crippen LogP contribution in [-0.4, -0.2) is 23.0 Å². The van der Waals surface area contributed by atoms with Gasteiger partial charge in [0.25, 0.3) is 0 Å². The summed E-state index contributed by atoms with van der Waals surface area (Å²) in [7, 11) is 0. The van der Waals surface area contributed by atoms with E-state index >= 15 is 0 Å². The summed E-state index contributed by atoms with van der Waals surface area (Å²) < 4.78 is 0. The van der Waals surface area contributed by atoms with E-state index in [0.717, 1.165) is 0 Å². The fourth-order valence-corrected chi connectivity index (χ4v) is 0.602. The molecule has 0 heterocycles. The van der Waals surface area contributed by atoms with Crippen LogP contribution in [0.1, 0.15) is 10.4 Å². The quantitative estimate of drug-likeness (QED) is 0.655. The Labute approximate surface area is 69.9 Å². The minimum atomic E-state index is -0.379. The summed E-state index contributed by atoms with van der Waals surface area (Å²) in [5.41, 5.74) is 5.53. The first-order valence-corrected chi connectivity index (χ1v) is 2.65. The molecule has 52 valence electrons. The predicted molar refractivity (Wildman–Crippen MR) is 40.7 cm³/mol. The third kappa shape index (κ3) is 2.21. The Balaban J connectivity index is 0.000000810. The first-order valence-electron chi connectivity index (χ1n) is 2.65. The molecule has 1 rings (SSSR count). The van der Waals surface area contributed by atoms with E-state index in [1.807, 2.05) is 6.07 Å². The van der Waals surface area contributed by atoms with Gasteiger partial charge >= 0.3 is 0 Å². The van der Waals surface area contributed by atoms with Crippen LogP contribution in [0.4, 0.5) is 0 Å². The van der Waals surface area contributed by atoms with E-state index in [1.165, 1.54) is 0 Å². The summed E-state index contributed by atoms with van der Waals surface area (Å²) in [6, 6.07) is 8.76. The first kappa shape index (κ1) is 9.21. The molecule has 0 saturated heterocycles. The van der Waals surface area contributed by atoms with Crippen LogP contribution < -0.4 is 5.73 Å². The van der Waals surface area contributed by atoms with Gasteiger partial charge in [-0.15, -0.1) is 0 Å². The van der Waals surface area contributed by atoms with Crippen LogP contribution in [0.3, 0.4) is 0 Å². The maximum atomic E-state index is 10.4. The molecule has 0 atom stereocenters. The second kappa shape index (κ2) is 4.09. The van der Waals surface area contributed by atoms with Crippen LogP contribution >= 0.6 is 0 Å². The van der Waals surface area contributed by atoms with Gasteiger partial charge in [-0.2, -0.15) is 0 Å². The summed E-state index contributed by atoms with van der Waals surface area (Å²) in [6.07, 6.45) is 0. The SMILES string of the molecule is NC(=O)c1ccccc1.[Se]. The largest absolute Gasteiger partial charge is 0.366 e. The van der Waals surface area contributed by atoms with Crippen LogP contribution in [0.15, 0.2) is 30.3 Å². The molecule has 0 fully saturated rings. The van der Waals surface area contributed by atoms with E-state index in [0.29, 0.717) is 5.56 Å². The van der Waals surface area contributed by atoms with E-state index < -0.39 is 0 Å². The van der Waals surface area contributed by atoms with Gasteiger partial charge in [0, 0.05) is 22.6 Å². The Morgan fingerprint density at radius 3 is 2.00 bits per heavy atom. The molecule has 0 aromatic heterocycles. The molecular formula is C7H7NOSe. The first-order chi connectivity index (χ1) is 4.30. The number of carbonyl (C=O) groups is 1. The smallest absolute Gasteiger partial charge is 0.248 e. The molecule has 0 aliphatic heterocycles. The molecule has 2 radical (unpaired) electrons. The molecule has 0 bridgehead atoms. The molecule has 2 nitrogen and oxygen atoms in total. The third-order valence-corrected chi connectivity index (χ3v) is 1.06. The average molecular weight is 200 g/mol. The summed E-state index contributed by atoms with van der Waals surface area (Å²) in [6.45, 7) is 0. The Hall–Kier alpha value is -0.791. The van der Waals surface area contributed by atoms with Crippen LogP contribution in [0, 0.1) is 0 Å². The normalized spacial score (nSPS) is 8.00. The van der Waals surface area contributed by atoms with Crippen molar-refractivity contribution in [3.63, 3.8) is 0 Å². The van der Waals surface area contributed by atoms with Crippen molar-refractivity contribution in [3.05, 3.63) is 35.9 Å². The number of nitrogens with two attached hydrogens (primary N) is 1. The fraction of sp³-hybridized carbons (Fsp3) is 0. The second-order valence-corrected chi connectivity index (χ2v) is 1.73. The third-order valence-electron chi connectivity index (χ3n) is 1.06. The zero-order valence-electron chi connectivity index (χ0n) is 5.28. The Bertz CT molecular complexity index is 210. The molecule has 0 unspecified atom stereocenters. The molecule has 0 aliphatic rings. The molecule has 0 saturated carbocycles. The van der Waals surface area contributed by atoms with Gasteiger partial charge in [0.15, 0.2) is 0 Å². The van der Waals surface area contributed by atoms with Gasteiger partial charge in [-0.05, 0) is 12.1 Å². The van der Waals surface area contributed by atoms with Crippen molar-refractivity contribution in [1.82, 2.24) is 0 Å². The minimum absolute atomic E-state index is 0. The molecule has 1 amide bonds. The van der Waals surface area contributed by atoms with Gasteiger partial charge in [-0.1, -0.05) is 18.2 Å². The zero-order valence-corrected chi connectivity index (χ0v) is 6.99. The number of primary amides is 1. The molecule has 3 heteroatoms. The molecule has 2 N–H and O–H groups in total. The number of amides is 1. The molecule has 1 aromatic rings. The number of hydrogen-bond donors (Lipinski definition) is 1. The topological polar surface area (TPSA) is 43.1 Å². The van der Waals surface area contributed by atoms with Crippen molar-refractivity contribution < 1.29 is 4.79 Å². The number of carbonyl (C=O) groups excluding carboxylic acids is 1. The number of benzene rings is 1. The van der Waals surface area contributed by atoms with Crippen molar-refractivity contribution in [2.75, 3.05) is 0 Å². The fourth-order valence-electron chi connectivity index (χ4n) is 0.602. The van der Waals surface area contributed by atoms with Crippen molar-refractivity contribution in [1.29, 1.82) is 0 Å². The van der Waals surface area contributed by atoms with E-state index in [-0.39, 0.29) is 23.0 Å². The van der Waals surface area contributed by atoms with Crippen LogP contribution in [0.2, 0.25) is 0 Å². The Morgan fingerprint density at radius 1 is 1.20 bits per heavy atom. The second-order valence-electron chi connectivity index (χ2n) is 1.73. The molecule has 0 spiro atoms. The van der Waals surface area contributed by atoms with Crippen molar-refractivity contribution in [2.24, 2.45) is 5.73 Å². The summed E-state index contributed by atoms with van der Waals surface area (Å²) >= 11 is 0. The average Bonchev–Trinajstić information content (AvgIpc) is 1.90. The summed E-state index contributed by atoms with van der Waals surface area (Å²) in [5.74, 6) is -0.379. The van der Waals surface area contributed by atoms with Gasteiger partial charge in [0.2, 0.25) is 5.91 Å². The monoisotopic (exact) mass is 201 g/mol.